The Morgan fingerprint density at radius 2 is 2.35 bits per heavy atom. The van der Waals surface area contributed by atoms with E-state index in [1.54, 1.807) is 17.7 Å². The summed E-state index contributed by atoms with van der Waals surface area (Å²) in [6.45, 7) is 3.55. The minimum absolute atomic E-state index is 0.0150. The zero-order chi connectivity index (χ0) is 15.8. The summed E-state index contributed by atoms with van der Waals surface area (Å²) in [6.07, 6.45) is 3.75. The first-order valence-electron chi connectivity index (χ1n) is 7.51. The zero-order valence-corrected chi connectivity index (χ0v) is 14.2. The predicted octanol–water partition coefficient (Wildman–Crippen LogP) is 3.77. The van der Waals surface area contributed by atoms with Crippen LogP contribution in [-0.2, 0) is 11.3 Å². The normalized spacial score (nSPS) is 17.9. The number of nitrogens with one attached hydrogen (secondary N) is 1. The molecule has 4 heterocycles. The van der Waals surface area contributed by atoms with Gasteiger partial charge in [-0.15, -0.1) is 11.3 Å². The van der Waals surface area contributed by atoms with Crippen LogP contribution in [0.15, 0.2) is 18.5 Å². The van der Waals surface area contributed by atoms with E-state index in [4.69, 9.17) is 16.3 Å². The zero-order valence-electron chi connectivity index (χ0n) is 12.6. The van der Waals surface area contributed by atoms with E-state index in [0.29, 0.717) is 18.0 Å². The molecular formula is C15H16ClN5OS. The average Bonchev–Trinajstić information content (AvgIpc) is 3.24. The van der Waals surface area contributed by atoms with E-state index in [1.165, 1.54) is 9.75 Å². The van der Waals surface area contributed by atoms with Gasteiger partial charge in [0, 0.05) is 16.4 Å². The van der Waals surface area contributed by atoms with Gasteiger partial charge in [0.2, 0.25) is 5.28 Å². The smallest absolute Gasteiger partial charge is 0.226 e. The molecule has 1 atom stereocenters. The van der Waals surface area contributed by atoms with Crippen LogP contribution in [0.4, 0.5) is 5.82 Å². The second kappa shape index (κ2) is 6.07. The molecule has 1 unspecified atom stereocenters. The second-order valence-corrected chi connectivity index (χ2v) is 7.21. The van der Waals surface area contributed by atoms with Gasteiger partial charge in [-0.2, -0.15) is 9.97 Å². The van der Waals surface area contributed by atoms with Gasteiger partial charge < -0.3 is 10.1 Å². The Balaban J connectivity index is 1.66. The van der Waals surface area contributed by atoms with Gasteiger partial charge in [0.25, 0.3) is 0 Å². The lowest BCUT2D eigenvalue weighted by molar-refractivity contribution is 0.0593. The molecule has 0 amide bonds. The maximum atomic E-state index is 6.10. The van der Waals surface area contributed by atoms with Gasteiger partial charge in [-0.1, -0.05) is 0 Å². The third kappa shape index (κ3) is 2.91. The molecule has 0 saturated carbocycles. The summed E-state index contributed by atoms with van der Waals surface area (Å²) in [4.78, 5) is 15.6. The van der Waals surface area contributed by atoms with E-state index in [9.17, 15) is 0 Å². The highest BCUT2D eigenvalue weighted by Crippen LogP contribution is 2.29. The summed E-state index contributed by atoms with van der Waals surface area (Å²) in [7, 11) is 0. The SMILES string of the molecule is Cc1ccc(CNc2nc(Cl)nc3c2ncn3C2CCCO2)s1. The second-order valence-electron chi connectivity index (χ2n) is 5.50. The van der Waals surface area contributed by atoms with Crippen LogP contribution in [0.3, 0.4) is 0 Å². The first-order chi connectivity index (χ1) is 11.2. The molecule has 8 heteroatoms. The van der Waals surface area contributed by atoms with Crippen molar-refractivity contribution < 1.29 is 4.74 Å². The van der Waals surface area contributed by atoms with E-state index in [0.717, 1.165) is 25.0 Å². The molecule has 1 saturated heterocycles. The van der Waals surface area contributed by atoms with Gasteiger partial charge in [0.1, 0.15) is 6.23 Å². The van der Waals surface area contributed by atoms with Crippen molar-refractivity contribution in [2.75, 3.05) is 11.9 Å². The Morgan fingerprint density at radius 3 is 3.09 bits per heavy atom. The van der Waals surface area contributed by atoms with Crippen molar-refractivity contribution in [1.29, 1.82) is 0 Å². The first kappa shape index (κ1) is 14.9. The highest BCUT2D eigenvalue weighted by molar-refractivity contribution is 7.11. The third-order valence-corrected chi connectivity index (χ3v) is 5.01. The lowest BCUT2D eigenvalue weighted by Crippen LogP contribution is -2.07. The summed E-state index contributed by atoms with van der Waals surface area (Å²) in [5, 5.41) is 3.53. The molecule has 120 valence electrons. The molecule has 0 radical (unpaired) electrons. The van der Waals surface area contributed by atoms with Crippen molar-refractivity contribution in [1.82, 2.24) is 19.5 Å². The monoisotopic (exact) mass is 349 g/mol. The molecule has 1 fully saturated rings. The van der Waals surface area contributed by atoms with Crippen molar-refractivity contribution >= 4 is 39.9 Å². The number of halogens is 1. The Kier molecular flexibility index (Phi) is 3.92. The molecule has 23 heavy (non-hydrogen) atoms. The standard InChI is InChI=1S/C15H16ClN5OS/c1-9-4-5-10(23-9)7-17-13-12-14(20-15(16)19-13)21(8-18-12)11-3-2-6-22-11/h4-5,8,11H,2-3,6-7H2,1H3,(H,17,19,20). The largest absolute Gasteiger partial charge is 0.363 e. The topological polar surface area (TPSA) is 64.9 Å². The van der Waals surface area contributed by atoms with E-state index in [2.05, 4.69) is 39.3 Å². The molecule has 3 aromatic rings. The summed E-state index contributed by atoms with van der Waals surface area (Å²) in [5.41, 5.74) is 1.43. The molecule has 1 N–H and O–H groups in total. The number of aromatic nitrogens is 4. The number of fused-ring (bicyclic) bond motifs is 1. The van der Waals surface area contributed by atoms with Crippen LogP contribution in [0.2, 0.25) is 5.28 Å². The van der Waals surface area contributed by atoms with Gasteiger partial charge in [-0.3, -0.25) is 4.57 Å². The van der Waals surface area contributed by atoms with Crippen LogP contribution < -0.4 is 5.32 Å². The van der Waals surface area contributed by atoms with Gasteiger partial charge in [0.05, 0.1) is 12.9 Å². The quantitative estimate of drug-likeness (QED) is 0.726. The molecule has 4 rings (SSSR count). The summed E-state index contributed by atoms with van der Waals surface area (Å²) in [6, 6.07) is 4.22. The average molecular weight is 350 g/mol. The molecule has 6 nitrogen and oxygen atoms in total. The van der Waals surface area contributed by atoms with Gasteiger partial charge in [0.15, 0.2) is 17.0 Å². The van der Waals surface area contributed by atoms with E-state index in [-0.39, 0.29) is 11.5 Å². The molecular weight excluding hydrogens is 334 g/mol. The predicted molar refractivity (Wildman–Crippen MR) is 90.9 cm³/mol. The first-order valence-corrected chi connectivity index (χ1v) is 8.71. The van der Waals surface area contributed by atoms with E-state index >= 15 is 0 Å². The fourth-order valence-electron chi connectivity index (χ4n) is 2.75. The van der Waals surface area contributed by atoms with E-state index < -0.39 is 0 Å². The van der Waals surface area contributed by atoms with Crippen LogP contribution in [0, 0.1) is 6.92 Å². The number of anilines is 1. The number of hydrogen-bond acceptors (Lipinski definition) is 6. The molecule has 0 aromatic carbocycles. The Hall–Kier alpha value is -1.70. The number of aryl methyl sites for hydroxylation is 1. The Morgan fingerprint density at radius 1 is 1.43 bits per heavy atom. The van der Waals surface area contributed by atoms with Crippen LogP contribution >= 0.6 is 22.9 Å². The van der Waals surface area contributed by atoms with Crippen molar-refractivity contribution in [2.24, 2.45) is 0 Å². The number of ether oxygens (including phenoxy) is 1. The number of rotatable bonds is 4. The van der Waals surface area contributed by atoms with Crippen molar-refractivity contribution in [3.8, 4) is 0 Å². The van der Waals surface area contributed by atoms with Crippen LogP contribution in [0.5, 0.6) is 0 Å². The van der Waals surface area contributed by atoms with Crippen LogP contribution in [0.25, 0.3) is 11.2 Å². The highest BCUT2D eigenvalue weighted by atomic mass is 35.5. The number of nitrogens with zero attached hydrogens (tertiary/aromatic N) is 4. The van der Waals surface area contributed by atoms with Gasteiger partial charge >= 0.3 is 0 Å². The van der Waals surface area contributed by atoms with Crippen LogP contribution in [0.1, 0.15) is 28.8 Å². The fraction of sp³-hybridized carbons (Fsp3) is 0.400. The number of imidazole rings is 1. The summed E-state index contributed by atoms with van der Waals surface area (Å²) in [5.74, 6) is 0.655. The number of hydrogen-bond donors (Lipinski definition) is 1. The molecule has 1 aliphatic heterocycles. The molecule has 0 aliphatic carbocycles. The minimum atomic E-state index is -0.0150. The molecule has 1 aliphatic rings. The maximum absolute atomic E-state index is 6.10. The van der Waals surface area contributed by atoms with Crippen molar-refractivity contribution in [3.63, 3.8) is 0 Å². The Labute approximate surface area is 142 Å². The number of thiophene rings is 1. The lowest BCUT2D eigenvalue weighted by atomic mass is 10.3. The summed E-state index contributed by atoms with van der Waals surface area (Å²) >= 11 is 7.86. The molecule has 3 aromatic heterocycles. The van der Waals surface area contributed by atoms with Crippen molar-refractivity contribution in [3.05, 3.63) is 33.5 Å². The molecule has 0 bridgehead atoms. The molecule has 0 spiro atoms. The van der Waals surface area contributed by atoms with Crippen molar-refractivity contribution in [2.45, 2.75) is 32.5 Å². The third-order valence-electron chi connectivity index (χ3n) is 3.84. The lowest BCUT2D eigenvalue weighted by Gasteiger charge is -2.12. The summed E-state index contributed by atoms with van der Waals surface area (Å²) < 4.78 is 7.66. The maximum Gasteiger partial charge on any atom is 0.226 e. The van der Waals surface area contributed by atoms with Gasteiger partial charge in [-0.05, 0) is 43.5 Å². The minimum Gasteiger partial charge on any atom is -0.363 e. The van der Waals surface area contributed by atoms with E-state index in [1.807, 2.05) is 4.57 Å². The highest BCUT2D eigenvalue weighted by Gasteiger charge is 2.22. The fourth-order valence-corrected chi connectivity index (χ4v) is 3.75. The van der Waals surface area contributed by atoms with Gasteiger partial charge in [-0.25, -0.2) is 4.98 Å². The van der Waals surface area contributed by atoms with Crippen LogP contribution in [-0.4, -0.2) is 26.1 Å². The Bertz CT molecular complexity index is 840.